The fourth-order valence-electron chi connectivity index (χ4n) is 2.58. The minimum absolute atomic E-state index is 0.545. The predicted octanol–water partition coefficient (Wildman–Crippen LogP) is 3.33. The Bertz CT molecular complexity index is 412. The van der Waals surface area contributed by atoms with Crippen LogP contribution in [0.2, 0.25) is 0 Å². The number of nitrogens with one attached hydrogen (secondary N) is 1. The molecule has 0 amide bonds. The number of likely N-dealkylation sites (N-methyl/N-ethyl adjacent to an activating group) is 2. The molecule has 1 heterocycles. The van der Waals surface area contributed by atoms with E-state index in [1.54, 1.807) is 0 Å². The predicted molar refractivity (Wildman–Crippen MR) is 95.1 cm³/mol. The molecule has 0 spiro atoms. The van der Waals surface area contributed by atoms with Crippen molar-refractivity contribution in [3.63, 3.8) is 0 Å². The lowest BCUT2D eigenvalue weighted by Crippen LogP contribution is -2.39. The van der Waals surface area contributed by atoms with Crippen molar-refractivity contribution in [2.75, 3.05) is 27.2 Å². The second-order valence-corrected chi connectivity index (χ2v) is 7.84. The Kier molecular flexibility index (Phi) is 7.88. The summed E-state index contributed by atoms with van der Waals surface area (Å²) in [6.45, 7) is 15.5. The molecule has 0 aliphatic heterocycles. The molecule has 1 aromatic rings. The molecule has 122 valence electrons. The number of hydrogen-bond donors (Lipinski definition) is 1. The van der Waals surface area contributed by atoms with Crippen molar-refractivity contribution >= 4 is 11.3 Å². The van der Waals surface area contributed by atoms with Crippen molar-refractivity contribution in [2.45, 2.75) is 59.8 Å². The van der Waals surface area contributed by atoms with E-state index in [1.807, 2.05) is 11.3 Å². The highest BCUT2D eigenvalue weighted by molar-refractivity contribution is 7.12. The molecule has 0 bridgehead atoms. The molecule has 4 heteroatoms. The van der Waals surface area contributed by atoms with Gasteiger partial charge in [-0.25, -0.2) is 0 Å². The van der Waals surface area contributed by atoms with Crippen molar-refractivity contribution in [1.29, 1.82) is 0 Å². The van der Waals surface area contributed by atoms with E-state index in [0.29, 0.717) is 12.1 Å². The fourth-order valence-corrected chi connectivity index (χ4v) is 3.58. The summed E-state index contributed by atoms with van der Waals surface area (Å²) in [4.78, 5) is 7.75. The first-order valence-corrected chi connectivity index (χ1v) is 8.85. The van der Waals surface area contributed by atoms with E-state index in [4.69, 9.17) is 0 Å². The van der Waals surface area contributed by atoms with E-state index >= 15 is 0 Å². The third-order valence-corrected chi connectivity index (χ3v) is 4.88. The first-order chi connectivity index (χ1) is 9.83. The van der Waals surface area contributed by atoms with Gasteiger partial charge in [-0.05, 0) is 46.1 Å². The third kappa shape index (κ3) is 6.47. The maximum absolute atomic E-state index is 3.51. The summed E-state index contributed by atoms with van der Waals surface area (Å²) in [5.41, 5.74) is 1.49. The lowest BCUT2D eigenvalue weighted by Gasteiger charge is -2.30. The Hall–Kier alpha value is -0.420. The molecule has 0 saturated heterocycles. The van der Waals surface area contributed by atoms with Crippen molar-refractivity contribution in [1.82, 2.24) is 15.1 Å². The molecule has 0 fully saturated rings. The first kappa shape index (κ1) is 18.6. The smallest absolute Gasteiger partial charge is 0.0302 e. The number of hydrogen-bond acceptors (Lipinski definition) is 4. The maximum atomic E-state index is 3.51. The van der Waals surface area contributed by atoms with Gasteiger partial charge in [0.25, 0.3) is 0 Å². The molecule has 0 aromatic carbocycles. The van der Waals surface area contributed by atoms with Gasteiger partial charge in [-0.15, -0.1) is 11.3 Å². The lowest BCUT2D eigenvalue weighted by atomic mass is 10.2. The molecule has 0 aliphatic carbocycles. The Morgan fingerprint density at radius 3 is 2.43 bits per heavy atom. The summed E-state index contributed by atoms with van der Waals surface area (Å²) in [5, 5.41) is 3.51. The molecular weight excluding hydrogens is 278 g/mol. The third-order valence-electron chi connectivity index (χ3n) is 3.79. The average Bonchev–Trinajstić information content (AvgIpc) is 2.73. The zero-order valence-corrected chi connectivity index (χ0v) is 15.7. The molecule has 0 aliphatic rings. The second kappa shape index (κ2) is 8.89. The van der Waals surface area contributed by atoms with Gasteiger partial charge in [0.15, 0.2) is 0 Å². The standard InChI is InChI=1S/C17H33N3S/c1-8-20(14(4)11-19(6)7)12-16-9-17(21-15(16)5)10-18-13(2)3/h9,13-14,18H,8,10-12H2,1-7H3. The Morgan fingerprint density at radius 1 is 1.24 bits per heavy atom. The quantitative estimate of drug-likeness (QED) is 0.755. The summed E-state index contributed by atoms with van der Waals surface area (Å²) in [6, 6.07) is 3.52. The minimum Gasteiger partial charge on any atom is -0.310 e. The van der Waals surface area contributed by atoms with E-state index in [0.717, 1.165) is 26.2 Å². The van der Waals surface area contributed by atoms with E-state index in [1.165, 1.54) is 15.3 Å². The minimum atomic E-state index is 0.545. The van der Waals surface area contributed by atoms with Crippen LogP contribution in [-0.4, -0.2) is 49.1 Å². The molecule has 1 N–H and O–H groups in total. The number of aryl methyl sites for hydroxylation is 1. The highest BCUT2D eigenvalue weighted by Gasteiger charge is 2.15. The van der Waals surface area contributed by atoms with Gasteiger partial charge in [0, 0.05) is 41.5 Å². The summed E-state index contributed by atoms with van der Waals surface area (Å²) in [7, 11) is 4.30. The summed E-state index contributed by atoms with van der Waals surface area (Å²) >= 11 is 1.93. The highest BCUT2D eigenvalue weighted by atomic mass is 32.1. The van der Waals surface area contributed by atoms with Gasteiger partial charge < -0.3 is 10.2 Å². The van der Waals surface area contributed by atoms with Gasteiger partial charge in [-0.3, -0.25) is 4.90 Å². The normalized spacial score (nSPS) is 13.6. The summed E-state index contributed by atoms with van der Waals surface area (Å²) in [6.07, 6.45) is 0. The number of rotatable bonds is 9. The van der Waals surface area contributed by atoms with E-state index in [2.05, 4.69) is 69.9 Å². The topological polar surface area (TPSA) is 18.5 Å². The van der Waals surface area contributed by atoms with Gasteiger partial charge >= 0.3 is 0 Å². The van der Waals surface area contributed by atoms with Crippen LogP contribution in [0.5, 0.6) is 0 Å². The summed E-state index contributed by atoms with van der Waals surface area (Å²) < 4.78 is 0. The van der Waals surface area contributed by atoms with Crippen LogP contribution in [-0.2, 0) is 13.1 Å². The Morgan fingerprint density at radius 2 is 1.90 bits per heavy atom. The van der Waals surface area contributed by atoms with E-state index in [9.17, 15) is 0 Å². The van der Waals surface area contributed by atoms with Crippen LogP contribution in [0.25, 0.3) is 0 Å². The van der Waals surface area contributed by atoms with Gasteiger partial charge in [-0.2, -0.15) is 0 Å². The van der Waals surface area contributed by atoms with Gasteiger partial charge in [0.05, 0.1) is 0 Å². The molecule has 1 rings (SSSR count). The van der Waals surface area contributed by atoms with Crippen LogP contribution in [0, 0.1) is 6.92 Å². The molecule has 0 radical (unpaired) electrons. The fraction of sp³-hybridized carbons (Fsp3) is 0.765. The van der Waals surface area contributed by atoms with Crippen molar-refractivity contribution in [2.24, 2.45) is 0 Å². The van der Waals surface area contributed by atoms with E-state index in [-0.39, 0.29) is 0 Å². The summed E-state index contributed by atoms with van der Waals surface area (Å²) in [5.74, 6) is 0. The zero-order valence-electron chi connectivity index (χ0n) is 14.9. The zero-order chi connectivity index (χ0) is 16.0. The van der Waals surface area contributed by atoms with E-state index < -0.39 is 0 Å². The van der Waals surface area contributed by atoms with Crippen LogP contribution in [0.3, 0.4) is 0 Å². The van der Waals surface area contributed by atoms with Crippen molar-refractivity contribution in [3.8, 4) is 0 Å². The maximum Gasteiger partial charge on any atom is 0.0302 e. The van der Waals surface area contributed by atoms with Crippen LogP contribution >= 0.6 is 11.3 Å². The monoisotopic (exact) mass is 311 g/mol. The Balaban J connectivity index is 2.67. The highest BCUT2D eigenvalue weighted by Crippen LogP contribution is 2.23. The van der Waals surface area contributed by atoms with Crippen LogP contribution in [0.1, 0.15) is 43.0 Å². The largest absolute Gasteiger partial charge is 0.310 e. The van der Waals surface area contributed by atoms with Gasteiger partial charge in [0.1, 0.15) is 0 Å². The van der Waals surface area contributed by atoms with Gasteiger partial charge in [0.2, 0.25) is 0 Å². The van der Waals surface area contributed by atoms with Crippen molar-refractivity contribution in [3.05, 3.63) is 21.4 Å². The van der Waals surface area contributed by atoms with Crippen LogP contribution in [0.4, 0.5) is 0 Å². The van der Waals surface area contributed by atoms with Crippen molar-refractivity contribution < 1.29 is 0 Å². The molecule has 21 heavy (non-hydrogen) atoms. The molecular formula is C17H33N3S. The molecule has 1 atom stereocenters. The number of nitrogens with zero attached hydrogens (tertiary/aromatic N) is 2. The molecule has 1 unspecified atom stereocenters. The average molecular weight is 312 g/mol. The Labute approximate surface area is 135 Å². The molecule has 1 aromatic heterocycles. The molecule has 0 saturated carbocycles. The lowest BCUT2D eigenvalue weighted by molar-refractivity contribution is 0.174. The molecule has 3 nitrogen and oxygen atoms in total. The second-order valence-electron chi connectivity index (χ2n) is 6.50. The van der Waals surface area contributed by atoms with Gasteiger partial charge in [-0.1, -0.05) is 20.8 Å². The van der Waals surface area contributed by atoms with Crippen LogP contribution < -0.4 is 5.32 Å². The first-order valence-electron chi connectivity index (χ1n) is 8.03. The van der Waals surface area contributed by atoms with Crippen LogP contribution in [0.15, 0.2) is 6.07 Å². The SMILES string of the molecule is CCN(Cc1cc(CNC(C)C)sc1C)C(C)CN(C)C. The number of thiophene rings is 1.